The second-order valence-corrected chi connectivity index (χ2v) is 16.2. The van der Waals surface area contributed by atoms with Gasteiger partial charge in [0.25, 0.3) is 0 Å². The Kier molecular flexibility index (Phi) is 10.0. The summed E-state index contributed by atoms with van der Waals surface area (Å²) in [6.45, 7) is 0. The largest absolute Gasteiger partial charge is 0.308 e. The van der Waals surface area contributed by atoms with Gasteiger partial charge in [0.1, 0.15) is 78.5 Å². The van der Waals surface area contributed by atoms with Crippen LogP contribution in [0.5, 0.6) is 0 Å². The van der Waals surface area contributed by atoms with Crippen LogP contribution in [0.2, 0.25) is 0 Å². The summed E-state index contributed by atoms with van der Waals surface area (Å²) in [4.78, 5) is 15.3. The average Bonchev–Trinajstić information content (AvgIpc) is 3.91. The Morgan fingerprint density at radius 1 is 0.273 bits per heavy atom. The van der Waals surface area contributed by atoms with Crippen LogP contribution in [-0.2, 0) is 0 Å². The molecule has 66 heavy (non-hydrogen) atoms. The third kappa shape index (κ3) is 6.26. The van der Waals surface area contributed by atoms with Gasteiger partial charge in [0.15, 0.2) is 11.6 Å². The fraction of sp³-hybridized carbons (Fsp3) is 0. The van der Waals surface area contributed by atoms with Crippen LogP contribution in [0.15, 0.2) is 140 Å². The van der Waals surface area contributed by atoms with E-state index in [9.17, 15) is 0 Å². The van der Waals surface area contributed by atoms with Gasteiger partial charge in [0, 0.05) is 38.6 Å². The maximum absolute atomic E-state index is 7.24. The minimum absolute atomic E-state index is 0.0630. The van der Waals surface area contributed by atoms with Crippen molar-refractivity contribution in [2.45, 2.75) is 0 Å². The van der Waals surface area contributed by atoms with E-state index in [2.05, 4.69) is 36.4 Å². The lowest BCUT2D eigenvalue weighted by Gasteiger charge is -2.18. The normalized spacial score (nSPS) is 11.6. The molecule has 0 aliphatic rings. The summed E-state index contributed by atoms with van der Waals surface area (Å²) in [7, 11) is 69.2. The van der Waals surface area contributed by atoms with Crippen LogP contribution in [-0.4, -0.2) is 103 Å². The molecule has 0 amide bonds. The van der Waals surface area contributed by atoms with Gasteiger partial charge < -0.3 is 4.57 Å². The number of benzene rings is 8. The van der Waals surface area contributed by atoms with Crippen molar-refractivity contribution < 1.29 is 0 Å². The van der Waals surface area contributed by atoms with Crippen LogP contribution in [0, 0.1) is 0 Å². The molecule has 0 saturated heterocycles. The van der Waals surface area contributed by atoms with Crippen molar-refractivity contribution in [2.24, 2.45) is 0 Å². The van der Waals surface area contributed by atoms with Crippen molar-refractivity contribution in [3.8, 4) is 56.7 Å². The molecule has 15 heteroatoms. The summed E-state index contributed by atoms with van der Waals surface area (Å²) >= 11 is 0. The third-order valence-electron chi connectivity index (χ3n) is 12.5. The number of aromatic nitrogens is 5. The molecule has 0 saturated carbocycles. The number of rotatable bonds is 6. The standard InChI is InChI=1S/C51H23B10N5/c52-35-33-31-37(54)39(56)41(58)43(60)45(31)65(30-18-10-17-29(23-30)26-21-19-25(20-22-26)24-11-4-1-5-12-24)47(33)48-34(36(35)53)32-38(55)40(57)42(59)44(61)46(32)66(48)51-63-49(27-13-6-2-7-14-27)62-50(64-51)28-15-8-3-9-16-28/h1-23H. The van der Waals surface area contributed by atoms with Crippen molar-refractivity contribution in [1.29, 1.82) is 0 Å². The molecule has 0 N–H and O–H groups in total. The Balaban J connectivity index is 1.34. The molecule has 3 heterocycles. The highest BCUT2D eigenvalue weighted by Gasteiger charge is 2.30. The Bertz CT molecular complexity index is 3740. The SMILES string of the molecule is [B]c1c([B])c([B])c2c(c1[B])c1c([B])c([B])c3c4c([B])c([B])c([B])c([B])c4n(-c4nc(-c5ccccc5)nc(-c5ccccc5)n4)c3c1n2-c1cccc(-c2ccc(-c3ccccc3)cc2)c1. The van der Waals surface area contributed by atoms with Crippen LogP contribution < -0.4 is 54.6 Å². The van der Waals surface area contributed by atoms with E-state index >= 15 is 0 Å². The molecule has 0 bridgehead atoms. The van der Waals surface area contributed by atoms with E-state index in [-0.39, 0.29) is 60.6 Å². The first kappa shape index (κ1) is 41.7. The number of hydrogen-bond donors (Lipinski definition) is 0. The van der Waals surface area contributed by atoms with E-state index in [1.807, 2.05) is 108 Å². The molecule has 0 aliphatic heterocycles. The predicted molar refractivity (Wildman–Crippen MR) is 284 cm³/mol. The van der Waals surface area contributed by atoms with E-state index in [1.54, 1.807) is 4.57 Å². The molecule has 11 rings (SSSR count). The zero-order chi connectivity index (χ0) is 45.7. The molecule has 0 fully saturated rings. The van der Waals surface area contributed by atoms with Gasteiger partial charge >= 0.3 is 0 Å². The summed E-state index contributed by atoms with van der Waals surface area (Å²) in [5.41, 5.74) is 9.12. The quantitative estimate of drug-likeness (QED) is 0.233. The van der Waals surface area contributed by atoms with Crippen LogP contribution in [0.4, 0.5) is 0 Å². The minimum Gasteiger partial charge on any atom is -0.308 e. The topological polar surface area (TPSA) is 48.5 Å². The highest BCUT2D eigenvalue weighted by atomic mass is 15.2. The number of nitrogens with zero attached hydrogens (tertiary/aromatic N) is 5. The molecule has 0 spiro atoms. The molecule has 11 aromatic rings. The summed E-state index contributed by atoms with van der Waals surface area (Å²) in [5.74, 6) is 0.918. The molecule has 5 nitrogen and oxygen atoms in total. The van der Waals surface area contributed by atoms with E-state index in [0.717, 1.165) is 33.4 Å². The lowest BCUT2D eigenvalue weighted by molar-refractivity contribution is 0.955. The van der Waals surface area contributed by atoms with Crippen molar-refractivity contribution in [1.82, 2.24) is 24.1 Å². The maximum atomic E-state index is 7.24. The summed E-state index contributed by atoms with van der Waals surface area (Å²) in [6.07, 6.45) is 0. The van der Waals surface area contributed by atoms with Gasteiger partial charge in [-0.2, -0.15) is 9.97 Å². The predicted octanol–water partition coefficient (Wildman–Crippen LogP) is 0.672. The van der Waals surface area contributed by atoms with Crippen LogP contribution in [0.1, 0.15) is 0 Å². The van der Waals surface area contributed by atoms with E-state index < -0.39 is 0 Å². The Labute approximate surface area is 395 Å². The molecular weight excluding hydrogens is 791 g/mol. The van der Waals surface area contributed by atoms with Gasteiger partial charge in [0.05, 0.1) is 11.0 Å². The molecule has 0 aliphatic carbocycles. The van der Waals surface area contributed by atoms with Gasteiger partial charge in [-0.25, -0.2) is 4.98 Å². The first-order valence-electron chi connectivity index (χ1n) is 20.9. The van der Waals surface area contributed by atoms with Gasteiger partial charge in [-0.05, 0) is 45.2 Å². The lowest BCUT2D eigenvalue weighted by Crippen LogP contribution is -2.48. The number of fused-ring (bicyclic) bond motifs is 7. The summed E-state index contributed by atoms with van der Waals surface area (Å²) in [6, 6.07) is 45.7. The molecule has 0 atom stereocenters. The number of hydrogen-bond acceptors (Lipinski definition) is 3. The second-order valence-electron chi connectivity index (χ2n) is 16.2. The molecule has 20 radical (unpaired) electrons. The molecule has 8 aromatic carbocycles. The van der Waals surface area contributed by atoms with E-state index in [1.165, 1.54) is 0 Å². The van der Waals surface area contributed by atoms with Gasteiger partial charge in [0.2, 0.25) is 5.95 Å². The van der Waals surface area contributed by atoms with Gasteiger partial charge in [-0.1, -0.05) is 160 Å². The summed E-state index contributed by atoms with van der Waals surface area (Å²) < 4.78 is 3.74. The molecule has 0 unspecified atom stereocenters. The molecular formula is C51H23B10N5. The van der Waals surface area contributed by atoms with Crippen molar-refractivity contribution in [2.75, 3.05) is 0 Å². The zero-order valence-corrected chi connectivity index (χ0v) is 35.3. The van der Waals surface area contributed by atoms with E-state index in [0.29, 0.717) is 60.9 Å². The lowest BCUT2D eigenvalue weighted by atomic mass is 9.64. The molecule has 3 aromatic heterocycles. The third-order valence-corrected chi connectivity index (χ3v) is 12.5. The molecule has 282 valence electrons. The van der Waals surface area contributed by atoms with Gasteiger partial charge in [-0.3, -0.25) is 4.57 Å². The highest BCUT2D eigenvalue weighted by Crippen LogP contribution is 2.39. The first-order valence-corrected chi connectivity index (χ1v) is 20.9. The fourth-order valence-electron chi connectivity index (χ4n) is 9.19. The Hall–Kier alpha value is -6.98. The maximum Gasteiger partial charge on any atom is 0.238 e. The smallest absolute Gasteiger partial charge is 0.238 e. The van der Waals surface area contributed by atoms with E-state index in [4.69, 9.17) is 93.4 Å². The van der Waals surface area contributed by atoms with Crippen LogP contribution in [0.25, 0.3) is 100 Å². The highest BCUT2D eigenvalue weighted by molar-refractivity contribution is 6.71. The average molecular weight is 814 g/mol. The van der Waals surface area contributed by atoms with Gasteiger partial charge in [-0.15, -0.1) is 21.9 Å². The van der Waals surface area contributed by atoms with Crippen molar-refractivity contribution in [3.05, 3.63) is 140 Å². The van der Waals surface area contributed by atoms with Crippen LogP contribution in [0.3, 0.4) is 0 Å². The van der Waals surface area contributed by atoms with Crippen molar-refractivity contribution in [3.63, 3.8) is 0 Å². The first-order chi connectivity index (χ1) is 31.9. The zero-order valence-electron chi connectivity index (χ0n) is 35.3. The summed E-state index contributed by atoms with van der Waals surface area (Å²) in [5, 5.41) is 1.66. The van der Waals surface area contributed by atoms with Crippen LogP contribution >= 0.6 is 0 Å². The Morgan fingerprint density at radius 2 is 0.621 bits per heavy atom. The monoisotopic (exact) mass is 815 g/mol. The second kappa shape index (κ2) is 15.9. The minimum atomic E-state index is 0.0630. The fourth-order valence-corrected chi connectivity index (χ4v) is 9.19. The Morgan fingerprint density at radius 3 is 1.11 bits per heavy atom. The van der Waals surface area contributed by atoms with Crippen molar-refractivity contribution >= 4 is 177 Å².